The minimum Gasteiger partial charge on any atom is -0.396 e. The molecule has 6 heteroatoms. The highest BCUT2D eigenvalue weighted by Gasteiger charge is 2.26. The first-order valence-electron chi connectivity index (χ1n) is 10.6. The molecule has 2 heterocycles. The van der Waals surface area contributed by atoms with Crippen LogP contribution >= 0.6 is 0 Å². The number of ketones is 1. The van der Waals surface area contributed by atoms with Crippen LogP contribution in [0.15, 0.2) is 36.7 Å². The van der Waals surface area contributed by atoms with Gasteiger partial charge in [-0.2, -0.15) is 0 Å². The number of aromatic nitrogens is 3. The third-order valence-corrected chi connectivity index (χ3v) is 5.27. The SMILES string of the molecule is CCN(CCCCO)Cc1cccc(-c2cnc3[nH]cc(C(=O)C(C)(C)C)c3n2)c1. The molecule has 2 aromatic heterocycles. The summed E-state index contributed by atoms with van der Waals surface area (Å²) in [7, 11) is 0. The van der Waals surface area contributed by atoms with E-state index in [0.717, 1.165) is 43.7 Å². The van der Waals surface area contributed by atoms with E-state index >= 15 is 0 Å². The lowest BCUT2D eigenvalue weighted by molar-refractivity contribution is 0.0860. The third-order valence-electron chi connectivity index (χ3n) is 5.27. The Morgan fingerprint density at radius 1 is 1.23 bits per heavy atom. The van der Waals surface area contributed by atoms with Gasteiger partial charge in [-0.3, -0.25) is 9.69 Å². The van der Waals surface area contributed by atoms with Crippen molar-refractivity contribution in [1.29, 1.82) is 0 Å². The van der Waals surface area contributed by atoms with Crippen LogP contribution < -0.4 is 0 Å². The minimum absolute atomic E-state index is 0.0513. The standard InChI is InChI=1S/C24H32N4O2/c1-5-28(11-6-7-12-29)16-17-9-8-10-18(13-17)20-15-26-23-21(27-20)19(14-25-23)22(30)24(2,3)4/h8-10,13-15,29H,5-7,11-12,16H2,1-4H3,(H,25,26). The third kappa shape index (κ3) is 5.12. The number of H-pyrrole nitrogens is 1. The largest absolute Gasteiger partial charge is 0.396 e. The van der Waals surface area contributed by atoms with Crippen LogP contribution in [-0.2, 0) is 6.54 Å². The Balaban J connectivity index is 1.87. The first-order valence-corrected chi connectivity index (χ1v) is 10.6. The van der Waals surface area contributed by atoms with Gasteiger partial charge in [0.15, 0.2) is 11.4 Å². The Kier molecular flexibility index (Phi) is 7.00. The summed E-state index contributed by atoms with van der Waals surface area (Å²) in [6.07, 6.45) is 5.29. The van der Waals surface area contributed by atoms with Crippen molar-refractivity contribution in [3.63, 3.8) is 0 Å². The van der Waals surface area contributed by atoms with Crippen LogP contribution in [0.3, 0.4) is 0 Å². The Bertz CT molecular complexity index is 1000. The van der Waals surface area contributed by atoms with Crippen molar-refractivity contribution < 1.29 is 9.90 Å². The van der Waals surface area contributed by atoms with E-state index in [9.17, 15) is 4.79 Å². The number of carbonyl (C=O) groups is 1. The lowest BCUT2D eigenvalue weighted by Gasteiger charge is -2.20. The van der Waals surface area contributed by atoms with Crippen molar-refractivity contribution >= 4 is 16.9 Å². The number of unbranched alkanes of at least 4 members (excludes halogenated alkanes) is 1. The molecule has 0 saturated carbocycles. The summed E-state index contributed by atoms with van der Waals surface area (Å²) in [6, 6.07) is 8.33. The number of carbonyl (C=O) groups excluding carboxylic acids is 1. The molecule has 0 spiro atoms. The number of hydrogen-bond acceptors (Lipinski definition) is 5. The maximum absolute atomic E-state index is 12.8. The average Bonchev–Trinajstić information content (AvgIpc) is 3.15. The molecular formula is C24H32N4O2. The van der Waals surface area contributed by atoms with Crippen molar-refractivity contribution in [2.45, 2.75) is 47.1 Å². The highest BCUT2D eigenvalue weighted by Crippen LogP contribution is 2.27. The van der Waals surface area contributed by atoms with Crippen LogP contribution in [0, 0.1) is 5.41 Å². The molecule has 0 aliphatic rings. The summed E-state index contributed by atoms with van der Waals surface area (Å²) in [5.41, 5.74) is 4.32. The second-order valence-electron chi connectivity index (χ2n) is 8.73. The summed E-state index contributed by atoms with van der Waals surface area (Å²) in [5, 5.41) is 9.01. The zero-order valence-corrected chi connectivity index (χ0v) is 18.4. The number of nitrogens with zero attached hydrogens (tertiary/aromatic N) is 3. The van der Waals surface area contributed by atoms with Gasteiger partial charge in [-0.1, -0.05) is 45.9 Å². The predicted octanol–water partition coefficient (Wildman–Crippen LogP) is 4.45. The van der Waals surface area contributed by atoms with Crippen molar-refractivity contribution in [1.82, 2.24) is 19.9 Å². The first kappa shape index (κ1) is 22.1. The Morgan fingerprint density at radius 2 is 2.03 bits per heavy atom. The zero-order valence-electron chi connectivity index (χ0n) is 18.4. The molecule has 3 rings (SSSR count). The molecule has 0 aliphatic heterocycles. The topological polar surface area (TPSA) is 82.1 Å². The van der Waals surface area contributed by atoms with E-state index in [1.807, 2.05) is 32.9 Å². The summed E-state index contributed by atoms with van der Waals surface area (Å²) < 4.78 is 0. The molecule has 0 atom stereocenters. The smallest absolute Gasteiger partial charge is 0.171 e. The van der Waals surface area contributed by atoms with Gasteiger partial charge in [0, 0.05) is 30.3 Å². The molecule has 6 nitrogen and oxygen atoms in total. The van der Waals surface area contributed by atoms with E-state index < -0.39 is 5.41 Å². The molecule has 0 unspecified atom stereocenters. The van der Waals surface area contributed by atoms with E-state index in [0.29, 0.717) is 16.7 Å². The lowest BCUT2D eigenvalue weighted by atomic mass is 9.87. The van der Waals surface area contributed by atoms with Crippen LogP contribution in [0.4, 0.5) is 0 Å². The fourth-order valence-electron chi connectivity index (χ4n) is 3.49. The molecule has 0 bridgehead atoms. The van der Waals surface area contributed by atoms with Crippen LogP contribution in [0.5, 0.6) is 0 Å². The normalized spacial score (nSPS) is 12.1. The molecule has 30 heavy (non-hydrogen) atoms. The van der Waals surface area contributed by atoms with Gasteiger partial charge in [0.25, 0.3) is 0 Å². The van der Waals surface area contributed by atoms with Crippen molar-refractivity contribution in [3.8, 4) is 11.3 Å². The summed E-state index contributed by atoms with van der Waals surface area (Å²) in [6.45, 7) is 10.9. The number of fused-ring (bicyclic) bond motifs is 1. The Hall–Kier alpha value is -2.57. The Morgan fingerprint density at radius 3 is 2.73 bits per heavy atom. The van der Waals surface area contributed by atoms with Crippen LogP contribution in [0.1, 0.15) is 56.5 Å². The van der Waals surface area contributed by atoms with E-state index in [-0.39, 0.29) is 12.4 Å². The van der Waals surface area contributed by atoms with Crippen LogP contribution in [0.25, 0.3) is 22.4 Å². The molecule has 3 aromatic rings. The lowest BCUT2D eigenvalue weighted by Crippen LogP contribution is -2.24. The molecule has 1 aromatic carbocycles. The van der Waals surface area contributed by atoms with Gasteiger partial charge >= 0.3 is 0 Å². The van der Waals surface area contributed by atoms with Gasteiger partial charge in [-0.15, -0.1) is 0 Å². The van der Waals surface area contributed by atoms with Gasteiger partial charge in [0.2, 0.25) is 0 Å². The zero-order chi connectivity index (χ0) is 21.7. The average molecular weight is 409 g/mol. The number of hydrogen-bond donors (Lipinski definition) is 2. The monoisotopic (exact) mass is 408 g/mol. The second-order valence-corrected chi connectivity index (χ2v) is 8.73. The number of aliphatic hydroxyl groups is 1. The van der Waals surface area contributed by atoms with Gasteiger partial charge < -0.3 is 10.1 Å². The van der Waals surface area contributed by atoms with Crippen molar-refractivity contribution in [2.75, 3.05) is 19.7 Å². The number of aromatic amines is 1. The molecular weight excluding hydrogens is 376 g/mol. The maximum atomic E-state index is 12.8. The van der Waals surface area contributed by atoms with E-state index in [2.05, 4.69) is 33.9 Å². The van der Waals surface area contributed by atoms with Crippen molar-refractivity contribution in [3.05, 3.63) is 47.8 Å². The van der Waals surface area contributed by atoms with Crippen LogP contribution in [0.2, 0.25) is 0 Å². The molecule has 160 valence electrons. The number of aliphatic hydroxyl groups excluding tert-OH is 1. The fraction of sp³-hybridized carbons (Fsp3) is 0.458. The molecule has 0 amide bonds. The summed E-state index contributed by atoms with van der Waals surface area (Å²) >= 11 is 0. The Labute approximate surface area is 178 Å². The molecule has 2 N–H and O–H groups in total. The summed E-state index contributed by atoms with van der Waals surface area (Å²) in [5.74, 6) is 0.0513. The quantitative estimate of drug-likeness (QED) is 0.404. The van der Waals surface area contributed by atoms with Crippen LogP contribution in [-0.4, -0.2) is 50.4 Å². The van der Waals surface area contributed by atoms with E-state index in [1.165, 1.54) is 5.56 Å². The molecule has 0 radical (unpaired) electrons. The maximum Gasteiger partial charge on any atom is 0.171 e. The van der Waals surface area contributed by atoms with Gasteiger partial charge in [0.05, 0.1) is 17.5 Å². The van der Waals surface area contributed by atoms with E-state index in [1.54, 1.807) is 12.4 Å². The van der Waals surface area contributed by atoms with Gasteiger partial charge in [-0.25, -0.2) is 9.97 Å². The number of Topliss-reactive ketones (excluding diaryl/α,β-unsaturated/α-hetero) is 1. The summed E-state index contributed by atoms with van der Waals surface area (Å²) in [4.78, 5) is 27.5. The van der Waals surface area contributed by atoms with E-state index in [4.69, 9.17) is 10.1 Å². The highest BCUT2D eigenvalue weighted by atomic mass is 16.2. The highest BCUT2D eigenvalue weighted by molar-refractivity contribution is 6.08. The van der Waals surface area contributed by atoms with Gasteiger partial charge in [-0.05, 0) is 37.6 Å². The molecule has 0 saturated heterocycles. The second kappa shape index (κ2) is 9.49. The first-order chi connectivity index (χ1) is 14.3. The fourth-order valence-corrected chi connectivity index (χ4v) is 3.49. The predicted molar refractivity (Wildman–Crippen MR) is 120 cm³/mol. The number of rotatable bonds is 9. The number of benzene rings is 1. The minimum atomic E-state index is -0.480. The molecule has 0 aliphatic carbocycles. The number of nitrogens with one attached hydrogen (secondary N) is 1. The van der Waals surface area contributed by atoms with Crippen molar-refractivity contribution in [2.24, 2.45) is 5.41 Å². The van der Waals surface area contributed by atoms with Gasteiger partial charge in [0.1, 0.15) is 5.52 Å². The molecule has 0 fully saturated rings.